The molecule has 1 aromatic rings. The number of rotatable bonds is 1. The molecule has 0 saturated carbocycles. The average Bonchev–Trinajstić information content (AvgIpc) is 2.62. The summed E-state index contributed by atoms with van der Waals surface area (Å²) in [5.74, 6) is -0.454. The quantitative estimate of drug-likeness (QED) is 0.706. The number of H-pyrrole nitrogens is 1. The lowest BCUT2D eigenvalue weighted by Crippen LogP contribution is -2.04. The second-order valence-corrected chi connectivity index (χ2v) is 3.32. The molecule has 0 spiro atoms. The van der Waals surface area contributed by atoms with Crippen LogP contribution in [0.2, 0.25) is 0 Å². The van der Waals surface area contributed by atoms with Gasteiger partial charge in [-0.2, -0.15) is 0 Å². The topological polar surface area (TPSA) is 37.9 Å². The molecular weight excluding hydrogens is 191 g/mol. The predicted octanol–water partition coefficient (Wildman–Crippen LogP) is 2.13. The number of hydrogen-bond donors (Lipinski definition) is 1. The Morgan fingerprint density at radius 1 is 1.69 bits per heavy atom. The van der Waals surface area contributed by atoms with E-state index in [-0.39, 0.29) is 10.7 Å². The summed E-state index contributed by atoms with van der Waals surface area (Å²) in [6.45, 7) is 0.688. The van der Waals surface area contributed by atoms with Crippen molar-refractivity contribution in [1.82, 2.24) is 9.97 Å². The van der Waals surface area contributed by atoms with E-state index in [0.29, 0.717) is 12.3 Å². The van der Waals surface area contributed by atoms with E-state index in [1.165, 1.54) is 6.33 Å². The van der Waals surface area contributed by atoms with Crippen LogP contribution in [-0.2, 0) is 4.74 Å². The van der Waals surface area contributed by atoms with E-state index in [1.54, 1.807) is 0 Å². The molecule has 5 heteroatoms. The average molecular weight is 200 g/mol. The second kappa shape index (κ2) is 3.51. The first-order valence-corrected chi connectivity index (χ1v) is 4.54. The van der Waals surface area contributed by atoms with Crippen LogP contribution in [0.15, 0.2) is 6.33 Å². The number of hydrogen-bond acceptors (Lipinski definition) is 3. The second-order valence-electron chi connectivity index (χ2n) is 2.94. The fourth-order valence-electron chi connectivity index (χ4n) is 1.44. The van der Waals surface area contributed by atoms with Gasteiger partial charge in [-0.1, -0.05) is 12.2 Å². The van der Waals surface area contributed by atoms with E-state index >= 15 is 0 Å². The van der Waals surface area contributed by atoms with Gasteiger partial charge in [0.1, 0.15) is 6.10 Å². The molecule has 0 radical (unpaired) electrons. The van der Waals surface area contributed by atoms with Gasteiger partial charge >= 0.3 is 0 Å². The molecule has 1 unspecified atom stereocenters. The van der Waals surface area contributed by atoms with Gasteiger partial charge in [-0.05, 0) is 12.8 Å². The van der Waals surface area contributed by atoms with Crippen LogP contribution < -0.4 is 0 Å². The minimum absolute atomic E-state index is 0.00394. The Kier molecular flexibility index (Phi) is 2.37. The molecule has 1 aliphatic heterocycles. The summed E-state index contributed by atoms with van der Waals surface area (Å²) in [6, 6.07) is 0. The van der Waals surface area contributed by atoms with E-state index in [4.69, 9.17) is 17.0 Å². The molecule has 1 N–H and O–H groups in total. The van der Waals surface area contributed by atoms with E-state index in [2.05, 4.69) is 9.97 Å². The molecule has 13 heavy (non-hydrogen) atoms. The Labute approximate surface area is 80.0 Å². The summed E-state index contributed by atoms with van der Waals surface area (Å²) in [5, 5.41) is 0. The van der Waals surface area contributed by atoms with Gasteiger partial charge in [0, 0.05) is 6.61 Å². The minimum Gasteiger partial charge on any atom is -0.372 e. The van der Waals surface area contributed by atoms with Crippen LogP contribution in [0.3, 0.4) is 0 Å². The standard InChI is InChI=1S/C8H9FN2OS/c9-6-7(5-2-1-3-12-5)10-4-11-8(6)13/h4-5H,1-3H2,(H,10,11,13). The summed E-state index contributed by atoms with van der Waals surface area (Å²) in [5.41, 5.74) is 0.428. The van der Waals surface area contributed by atoms with Gasteiger partial charge in [-0.25, -0.2) is 9.37 Å². The number of aromatic nitrogens is 2. The van der Waals surface area contributed by atoms with E-state index in [1.807, 2.05) is 0 Å². The number of ether oxygens (including phenoxy) is 1. The summed E-state index contributed by atoms with van der Waals surface area (Å²) in [7, 11) is 0. The maximum absolute atomic E-state index is 13.4. The normalized spacial score (nSPS) is 22.1. The summed E-state index contributed by atoms with van der Waals surface area (Å²) in [6.07, 6.45) is 3.03. The van der Waals surface area contributed by atoms with Gasteiger partial charge in [-0.15, -0.1) is 0 Å². The first-order valence-electron chi connectivity index (χ1n) is 4.13. The molecule has 70 valence electrons. The Balaban J connectivity index is 2.39. The highest BCUT2D eigenvalue weighted by Crippen LogP contribution is 2.28. The first kappa shape index (κ1) is 8.77. The molecule has 1 fully saturated rings. The van der Waals surface area contributed by atoms with Gasteiger partial charge in [0.2, 0.25) is 0 Å². The van der Waals surface area contributed by atoms with Gasteiger partial charge in [0.25, 0.3) is 0 Å². The van der Waals surface area contributed by atoms with Crippen LogP contribution in [0.5, 0.6) is 0 Å². The van der Waals surface area contributed by atoms with Crippen LogP contribution in [0.1, 0.15) is 24.6 Å². The van der Waals surface area contributed by atoms with Crippen molar-refractivity contribution in [1.29, 1.82) is 0 Å². The first-order chi connectivity index (χ1) is 6.29. The zero-order chi connectivity index (χ0) is 9.26. The minimum atomic E-state index is -0.454. The summed E-state index contributed by atoms with van der Waals surface area (Å²) >= 11 is 4.71. The lowest BCUT2D eigenvalue weighted by Gasteiger charge is -2.09. The molecule has 0 amide bonds. The van der Waals surface area contributed by atoms with E-state index in [0.717, 1.165) is 12.8 Å². The summed E-state index contributed by atoms with van der Waals surface area (Å²) in [4.78, 5) is 6.38. The van der Waals surface area contributed by atoms with Crippen molar-refractivity contribution >= 4 is 12.2 Å². The molecule has 0 bridgehead atoms. The summed E-state index contributed by atoms with van der Waals surface area (Å²) < 4.78 is 18.7. The maximum Gasteiger partial charge on any atom is 0.181 e. The number of nitrogens with zero attached hydrogens (tertiary/aromatic N) is 1. The molecule has 0 aliphatic carbocycles. The molecule has 1 aliphatic rings. The fraction of sp³-hybridized carbons (Fsp3) is 0.500. The van der Waals surface area contributed by atoms with Crippen molar-refractivity contribution in [2.45, 2.75) is 18.9 Å². The van der Waals surface area contributed by atoms with Crippen molar-refractivity contribution in [2.24, 2.45) is 0 Å². The monoisotopic (exact) mass is 200 g/mol. The van der Waals surface area contributed by atoms with Crippen molar-refractivity contribution in [3.63, 3.8) is 0 Å². The Morgan fingerprint density at radius 2 is 2.54 bits per heavy atom. The lowest BCUT2D eigenvalue weighted by molar-refractivity contribution is 0.105. The lowest BCUT2D eigenvalue weighted by atomic mass is 10.2. The van der Waals surface area contributed by atoms with Crippen LogP contribution in [0.25, 0.3) is 0 Å². The maximum atomic E-state index is 13.4. The van der Waals surface area contributed by atoms with Crippen molar-refractivity contribution in [2.75, 3.05) is 6.61 Å². The van der Waals surface area contributed by atoms with Gasteiger partial charge in [-0.3, -0.25) is 0 Å². The van der Waals surface area contributed by atoms with Gasteiger partial charge in [0.05, 0.1) is 12.0 Å². The van der Waals surface area contributed by atoms with Gasteiger partial charge in [0.15, 0.2) is 10.5 Å². The van der Waals surface area contributed by atoms with Crippen LogP contribution in [0.4, 0.5) is 4.39 Å². The van der Waals surface area contributed by atoms with Crippen LogP contribution in [0, 0.1) is 10.5 Å². The number of aromatic amines is 1. The highest BCUT2D eigenvalue weighted by Gasteiger charge is 2.22. The highest BCUT2D eigenvalue weighted by molar-refractivity contribution is 7.71. The van der Waals surface area contributed by atoms with Crippen molar-refractivity contribution in [3.8, 4) is 0 Å². The number of halogens is 1. The molecule has 2 heterocycles. The van der Waals surface area contributed by atoms with Crippen molar-refractivity contribution < 1.29 is 9.13 Å². The third-order valence-electron chi connectivity index (χ3n) is 2.08. The Bertz CT molecular complexity index is 359. The molecule has 3 nitrogen and oxygen atoms in total. The third-order valence-corrected chi connectivity index (χ3v) is 2.36. The smallest absolute Gasteiger partial charge is 0.181 e. The predicted molar refractivity (Wildman–Crippen MR) is 47.3 cm³/mol. The molecule has 1 saturated heterocycles. The molecule has 0 aromatic carbocycles. The van der Waals surface area contributed by atoms with Crippen LogP contribution >= 0.6 is 12.2 Å². The van der Waals surface area contributed by atoms with Gasteiger partial charge < -0.3 is 9.72 Å². The zero-order valence-corrected chi connectivity index (χ0v) is 7.73. The van der Waals surface area contributed by atoms with Crippen LogP contribution in [-0.4, -0.2) is 16.6 Å². The Hall–Kier alpha value is -0.810. The zero-order valence-electron chi connectivity index (χ0n) is 6.92. The number of nitrogens with one attached hydrogen (secondary N) is 1. The molecular formula is C8H9FN2OS. The fourth-order valence-corrected chi connectivity index (χ4v) is 1.60. The van der Waals surface area contributed by atoms with E-state index < -0.39 is 5.82 Å². The van der Waals surface area contributed by atoms with E-state index in [9.17, 15) is 4.39 Å². The third kappa shape index (κ3) is 1.62. The van der Waals surface area contributed by atoms with Crippen molar-refractivity contribution in [3.05, 3.63) is 22.5 Å². The SMILES string of the molecule is Fc1c(C2CCCO2)[nH]cnc1=S. The molecule has 1 atom stereocenters. The molecule has 1 aromatic heterocycles. The highest BCUT2D eigenvalue weighted by atomic mass is 32.1. The largest absolute Gasteiger partial charge is 0.372 e. The molecule has 2 rings (SSSR count). The Morgan fingerprint density at radius 3 is 3.23 bits per heavy atom.